The molecule has 0 bridgehead atoms. The summed E-state index contributed by atoms with van der Waals surface area (Å²) in [6.07, 6.45) is 1.15. The molecule has 5 nitrogen and oxygen atoms in total. The zero-order valence-corrected chi connectivity index (χ0v) is 16.1. The first kappa shape index (κ1) is 19.6. The Morgan fingerprint density at radius 1 is 1.07 bits per heavy atom. The SMILES string of the molecule is O=C(CCCc1nc(-c2ccc(F)cc2)no1)Nc1cc(Cl)c(Cl)cc1Cl. The maximum Gasteiger partial charge on any atom is 0.226 e. The molecular formula is C18H13Cl3FN3O2. The molecule has 3 aromatic rings. The Labute approximate surface area is 169 Å². The lowest BCUT2D eigenvalue weighted by Crippen LogP contribution is -2.12. The van der Waals surface area contributed by atoms with Crippen LogP contribution in [0.4, 0.5) is 10.1 Å². The Kier molecular flexibility index (Phi) is 6.31. The quantitative estimate of drug-likeness (QED) is 0.504. The van der Waals surface area contributed by atoms with Crippen LogP contribution >= 0.6 is 34.8 Å². The van der Waals surface area contributed by atoms with E-state index in [1.54, 1.807) is 12.1 Å². The first-order chi connectivity index (χ1) is 12.9. The summed E-state index contributed by atoms with van der Waals surface area (Å²) in [6, 6.07) is 8.75. The first-order valence-corrected chi connectivity index (χ1v) is 9.08. The highest BCUT2D eigenvalue weighted by Crippen LogP contribution is 2.32. The molecule has 1 aromatic heterocycles. The summed E-state index contributed by atoms with van der Waals surface area (Å²) in [5.41, 5.74) is 1.05. The zero-order valence-electron chi connectivity index (χ0n) is 13.8. The molecule has 27 heavy (non-hydrogen) atoms. The van der Waals surface area contributed by atoms with Crippen LogP contribution in [0.3, 0.4) is 0 Å². The third-order valence-electron chi connectivity index (χ3n) is 3.65. The summed E-state index contributed by atoms with van der Waals surface area (Å²) in [5, 5.41) is 7.46. The van der Waals surface area contributed by atoms with Gasteiger partial charge in [-0.05, 0) is 42.8 Å². The lowest BCUT2D eigenvalue weighted by molar-refractivity contribution is -0.116. The molecule has 0 aliphatic carbocycles. The van der Waals surface area contributed by atoms with Gasteiger partial charge in [0.1, 0.15) is 5.82 Å². The normalized spacial score (nSPS) is 10.8. The summed E-state index contributed by atoms with van der Waals surface area (Å²) < 4.78 is 18.1. The minimum absolute atomic E-state index is 0.227. The van der Waals surface area contributed by atoms with Gasteiger partial charge in [-0.15, -0.1) is 0 Å². The molecule has 1 amide bonds. The van der Waals surface area contributed by atoms with Crippen molar-refractivity contribution in [1.82, 2.24) is 10.1 Å². The van der Waals surface area contributed by atoms with Gasteiger partial charge in [0.2, 0.25) is 17.6 Å². The molecule has 2 aromatic carbocycles. The van der Waals surface area contributed by atoms with Crippen molar-refractivity contribution < 1.29 is 13.7 Å². The second-order valence-corrected chi connectivity index (χ2v) is 6.89. The lowest BCUT2D eigenvalue weighted by Gasteiger charge is -2.08. The van der Waals surface area contributed by atoms with Crippen LogP contribution in [0.2, 0.25) is 15.1 Å². The monoisotopic (exact) mass is 427 g/mol. The van der Waals surface area contributed by atoms with Crippen molar-refractivity contribution in [2.45, 2.75) is 19.3 Å². The van der Waals surface area contributed by atoms with Gasteiger partial charge < -0.3 is 9.84 Å². The number of anilines is 1. The fourth-order valence-corrected chi connectivity index (χ4v) is 2.90. The van der Waals surface area contributed by atoms with Crippen molar-refractivity contribution in [1.29, 1.82) is 0 Å². The molecule has 0 atom stereocenters. The van der Waals surface area contributed by atoms with Crippen LogP contribution in [0.5, 0.6) is 0 Å². The van der Waals surface area contributed by atoms with Gasteiger partial charge in [-0.2, -0.15) is 4.98 Å². The predicted octanol–water partition coefficient (Wildman–Crippen LogP) is 5.80. The van der Waals surface area contributed by atoms with Crippen LogP contribution in [0, 0.1) is 5.82 Å². The van der Waals surface area contributed by atoms with E-state index in [-0.39, 0.29) is 18.1 Å². The van der Waals surface area contributed by atoms with Crippen LogP contribution < -0.4 is 5.32 Å². The Hall–Kier alpha value is -2.15. The lowest BCUT2D eigenvalue weighted by atomic mass is 10.2. The first-order valence-electron chi connectivity index (χ1n) is 7.95. The minimum Gasteiger partial charge on any atom is -0.339 e. The highest BCUT2D eigenvalue weighted by Gasteiger charge is 2.12. The van der Waals surface area contributed by atoms with Crippen LogP contribution in [-0.4, -0.2) is 16.0 Å². The van der Waals surface area contributed by atoms with Crippen molar-refractivity contribution in [2.75, 3.05) is 5.32 Å². The van der Waals surface area contributed by atoms with E-state index in [0.29, 0.717) is 50.9 Å². The van der Waals surface area contributed by atoms with E-state index < -0.39 is 0 Å². The van der Waals surface area contributed by atoms with Crippen molar-refractivity contribution in [3.63, 3.8) is 0 Å². The molecule has 3 rings (SSSR count). The second-order valence-electron chi connectivity index (χ2n) is 5.67. The molecule has 1 heterocycles. The highest BCUT2D eigenvalue weighted by molar-refractivity contribution is 6.44. The topological polar surface area (TPSA) is 68.0 Å². The van der Waals surface area contributed by atoms with Gasteiger partial charge in [-0.3, -0.25) is 4.79 Å². The van der Waals surface area contributed by atoms with E-state index in [1.165, 1.54) is 24.3 Å². The second kappa shape index (κ2) is 8.69. The van der Waals surface area contributed by atoms with Gasteiger partial charge in [0.05, 0.1) is 20.8 Å². The molecule has 0 fully saturated rings. The van der Waals surface area contributed by atoms with E-state index in [0.717, 1.165) is 0 Å². The number of hydrogen-bond acceptors (Lipinski definition) is 4. The fraction of sp³-hybridized carbons (Fsp3) is 0.167. The van der Waals surface area contributed by atoms with Crippen molar-refractivity contribution in [2.24, 2.45) is 0 Å². The van der Waals surface area contributed by atoms with Crippen LogP contribution in [0.25, 0.3) is 11.4 Å². The van der Waals surface area contributed by atoms with E-state index in [9.17, 15) is 9.18 Å². The summed E-state index contributed by atoms with van der Waals surface area (Å²) in [6.45, 7) is 0. The van der Waals surface area contributed by atoms with Crippen LogP contribution in [0.15, 0.2) is 40.9 Å². The number of amides is 1. The number of halogens is 4. The predicted molar refractivity (Wildman–Crippen MR) is 103 cm³/mol. The molecule has 1 N–H and O–H groups in total. The molecule has 0 aliphatic heterocycles. The van der Waals surface area contributed by atoms with E-state index in [4.69, 9.17) is 39.3 Å². The van der Waals surface area contributed by atoms with E-state index in [1.807, 2.05) is 0 Å². The number of nitrogens with one attached hydrogen (secondary N) is 1. The number of aromatic nitrogens is 2. The van der Waals surface area contributed by atoms with Gasteiger partial charge in [0.15, 0.2) is 0 Å². The molecule has 0 aliphatic rings. The number of carbonyl (C=O) groups is 1. The Morgan fingerprint density at radius 2 is 1.78 bits per heavy atom. The van der Waals surface area contributed by atoms with Crippen LogP contribution in [-0.2, 0) is 11.2 Å². The van der Waals surface area contributed by atoms with Gasteiger partial charge in [0.25, 0.3) is 0 Å². The van der Waals surface area contributed by atoms with Crippen LogP contribution in [0.1, 0.15) is 18.7 Å². The van der Waals surface area contributed by atoms with E-state index in [2.05, 4.69) is 15.5 Å². The van der Waals surface area contributed by atoms with E-state index >= 15 is 0 Å². The molecule has 140 valence electrons. The third kappa shape index (κ3) is 5.19. The maximum absolute atomic E-state index is 12.9. The third-order valence-corrected chi connectivity index (χ3v) is 4.68. The Bertz CT molecular complexity index is 961. The number of hydrogen-bond donors (Lipinski definition) is 1. The van der Waals surface area contributed by atoms with Gasteiger partial charge in [-0.25, -0.2) is 4.39 Å². The molecule has 9 heteroatoms. The number of nitrogens with zero attached hydrogens (tertiary/aromatic N) is 2. The smallest absolute Gasteiger partial charge is 0.226 e. The highest BCUT2D eigenvalue weighted by atomic mass is 35.5. The average molecular weight is 429 g/mol. The molecule has 0 saturated carbocycles. The summed E-state index contributed by atoms with van der Waals surface area (Å²) in [7, 11) is 0. The summed E-state index contributed by atoms with van der Waals surface area (Å²) in [5.74, 6) is 0.204. The number of carbonyl (C=O) groups excluding carboxylic acids is 1. The standard InChI is InChI=1S/C18H13Cl3FN3O2/c19-12-8-14(21)15(9-13(12)20)23-16(26)2-1-3-17-24-18(25-27-17)10-4-6-11(22)7-5-10/h4-9H,1-3H2,(H,23,26). The Morgan fingerprint density at radius 3 is 2.52 bits per heavy atom. The van der Waals surface area contributed by atoms with Crippen molar-refractivity contribution in [3.05, 3.63) is 63.2 Å². The fourth-order valence-electron chi connectivity index (χ4n) is 2.30. The van der Waals surface area contributed by atoms with Gasteiger partial charge in [0, 0.05) is 18.4 Å². The molecule has 0 saturated heterocycles. The van der Waals surface area contributed by atoms with Gasteiger partial charge >= 0.3 is 0 Å². The average Bonchev–Trinajstić information content (AvgIpc) is 3.09. The maximum atomic E-state index is 12.9. The zero-order chi connectivity index (χ0) is 19.4. The van der Waals surface area contributed by atoms with Crippen molar-refractivity contribution in [3.8, 4) is 11.4 Å². The number of rotatable bonds is 6. The molecule has 0 spiro atoms. The Balaban J connectivity index is 1.52. The number of benzene rings is 2. The van der Waals surface area contributed by atoms with Crippen molar-refractivity contribution >= 4 is 46.4 Å². The van der Waals surface area contributed by atoms with Gasteiger partial charge in [-0.1, -0.05) is 40.0 Å². The number of aryl methyl sites for hydroxylation is 1. The minimum atomic E-state index is -0.337. The largest absolute Gasteiger partial charge is 0.339 e. The molecule has 0 radical (unpaired) electrons. The molecule has 0 unspecified atom stereocenters. The summed E-state index contributed by atoms with van der Waals surface area (Å²) >= 11 is 17.8. The summed E-state index contributed by atoms with van der Waals surface area (Å²) in [4.78, 5) is 16.3. The molecular weight excluding hydrogens is 416 g/mol.